The summed E-state index contributed by atoms with van der Waals surface area (Å²) in [6, 6.07) is 6.01. The Morgan fingerprint density at radius 2 is 1.78 bits per heavy atom. The fraction of sp³-hybridized carbons (Fsp3) is 0.267. The van der Waals surface area contributed by atoms with E-state index in [0.717, 1.165) is 0 Å². The number of nitrogens with zero attached hydrogens (tertiary/aromatic N) is 2. The van der Waals surface area contributed by atoms with Crippen LogP contribution in [0.5, 0.6) is 6.01 Å². The molecule has 0 bridgehead atoms. The summed E-state index contributed by atoms with van der Waals surface area (Å²) in [5.74, 6) is -0.206. The first-order valence-electron chi connectivity index (χ1n) is 6.77. The van der Waals surface area contributed by atoms with E-state index < -0.39 is 10.0 Å². The Morgan fingerprint density at radius 3 is 2.30 bits per heavy atom. The van der Waals surface area contributed by atoms with E-state index in [0.29, 0.717) is 22.6 Å². The maximum atomic E-state index is 12.5. The van der Waals surface area contributed by atoms with Gasteiger partial charge >= 0.3 is 6.01 Å². The van der Waals surface area contributed by atoms with Gasteiger partial charge in [0, 0.05) is 5.56 Å². The van der Waals surface area contributed by atoms with Crippen LogP contribution >= 0.6 is 0 Å². The Morgan fingerprint density at radius 1 is 1.17 bits per heavy atom. The number of nitrogens with one attached hydrogen (secondary N) is 1. The van der Waals surface area contributed by atoms with E-state index in [-0.39, 0.29) is 16.7 Å². The van der Waals surface area contributed by atoms with E-state index in [1.807, 2.05) is 0 Å². The highest BCUT2D eigenvalue weighted by Gasteiger charge is 2.19. The van der Waals surface area contributed by atoms with Crippen LogP contribution in [-0.4, -0.2) is 31.3 Å². The predicted molar refractivity (Wildman–Crippen MR) is 85.3 cm³/mol. The zero-order chi connectivity index (χ0) is 17.2. The average Bonchev–Trinajstić information content (AvgIpc) is 2.50. The van der Waals surface area contributed by atoms with Crippen LogP contribution in [0.15, 0.2) is 29.2 Å². The minimum atomic E-state index is -3.86. The van der Waals surface area contributed by atoms with Crippen LogP contribution in [0.2, 0.25) is 0 Å². The molecule has 0 aliphatic carbocycles. The number of rotatable bonds is 5. The van der Waals surface area contributed by atoms with Crippen molar-refractivity contribution in [3.63, 3.8) is 0 Å². The fourth-order valence-corrected chi connectivity index (χ4v) is 3.22. The van der Waals surface area contributed by atoms with Crippen molar-refractivity contribution in [2.24, 2.45) is 0 Å². The van der Waals surface area contributed by atoms with Crippen LogP contribution < -0.4 is 9.46 Å². The number of methoxy groups -OCH3 is 1. The molecule has 7 nitrogen and oxygen atoms in total. The van der Waals surface area contributed by atoms with Gasteiger partial charge in [-0.15, -0.1) is 0 Å². The van der Waals surface area contributed by atoms with Crippen LogP contribution in [0.4, 0.5) is 5.69 Å². The van der Waals surface area contributed by atoms with Crippen molar-refractivity contribution in [3.8, 4) is 6.01 Å². The zero-order valence-corrected chi connectivity index (χ0v) is 14.1. The summed E-state index contributed by atoms with van der Waals surface area (Å²) in [6.45, 7) is 4.69. The van der Waals surface area contributed by atoms with Gasteiger partial charge in [0.1, 0.15) is 0 Å². The van der Waals surface area contributed by atoms with Crippen molar-refractivity contribution < 1.29 is 17.9 Å². The number of ketones is 1. The number of benzene rings is 1. The zero-order valence-electron chi connectivity index (χ0n) is 13.2. The maximum absolute atomic E-state index is 12.5. The predicted octanol–water partition coefficient (Wildman–Crippen LogP) is 2.11. The minimum absolute atomic E-state index is 0.000168. The molecule has 0 atom stereocenters. The molecule has 1 heterocycles. The number of ether oxygens (including phenoxy) is 1. The molecule has 0 unspecified atom stereocenters. The number of hydrogen-bond donors (Lipinski definition) is 1. The molecule has 23 heavy (non-hydrogen) atoms. The number of sulfonamides is 1. The number of anilines is 1. The molecule has 1 aromatic heterocycles. The number of aryl methyl sites for hydroxylation is 2. The fourth-order valence-electron chi connectivity index (χ4n) is 2.00. The van der Waals surface area contributed by atoms with E-state index in [4.69, 9.17) is 4.74 Å². The molecule has 0 saturated carbocycles. The van der Waals surface area contributed by atoms with E-state index >= 15 is 0 Å². The highest BCUT2D eigenvalue weighted by atomic mass is 32.2. The lowest BCUT2D eigenvalue weighted by Gasteiger charge is -2.13. The molecule has 0 aliphatic heterocycles. The number of carbonyl (C=O) groups excluding carboxylic acids is 1. The van der Waals surface area contributed by atoms with E-state index in [1.54, 1.807) is 19.9 Å². The van der Waals surface area contributed by atoms with Gasteiger partial charge in [-0.1, -0.05) is 12.1 Å². The number of hydrogen-bond acceptors (Lipinski definition) is 6. The third kappa shape index (κ3) is 3.65. The molecule has 0 fully saturated rings. The summed E-state index contributed by atoms with van der Waals surface area (Å²) in [5, 5.41) is 0. The molecule has 2 aromatic rings. The maximum Gasteiger partial charge on any atom is 0.316 e. The molecular formula is C15H17N3O4S. The van der Waals surface area contributed by atoms with Gasteiger partial charge in [-0.25, -0.2) is 8.42 Å². The standard InChI is InChI=1S/C15H17N3O4S/c1-9-14(10(2)17-15(16-9)22-4)18-23(20,21)13-7-5-6-12(8-13)11(3)19/h5-8,18H,1-4H3. The molecule has 8 heteroatoms. The van der Waals surface area contributed by atoms with Gasteiger partial charge in [-0.05, 0) is 32.9 Å². The Balaban J connectivity index is 2.43. The lowest BCUT2D eigenvalue weighted by atomic mass is 10.2. The van der Waals surface area contributed by atoms with Crippen LogP contribution in [0, 0.1) is 13.8 Å². The van der Waals surface area contributed by atoms with Gasteiger partial charge in [-0.2, -0.15) is 9.97 Å². The van der Waals surface area contributed by atoms with Crippen LogP contribution in [-0.2, 0) is 10.0 Å². The van der Waals surface area contributed by atoms with Crippen LogP contribution in [0.25, 0.3) is 0 Å². The lowest BCUT2D eigenvalue weighted by molar-refractivity contribution is 0.101. The number of aromatic nitrogens is 2. The first-order chi connectivity index (χ1) is 10.7. The van der Waals surface area contributed by atoms with Gasteiger partial charge in [-0.3, -0.25) is 9.52 Å². The molecule has 122 valence electrons. The molecule has 0 saturated heterocycles. The SMILES string of the molecule is COc1nc(C)c(NS(=O)(=O)c2cccc(C(C)=O)c2)c(C)n1. The Labute approximate surface area is 134 Å². The minimum Gasteiger partial charge on any atom is -0.467 e. The molecule has 0 spiro atoms. The molecule has 0 aliphatic rings. The first kappa shape index (κ1) is 16.9. The molecular weight excluding hydrogens is 318 g/mol. The Hall–Kier alpha value is -2.48. The van der Waals surface area contributed by atoms with E-state index in [9.17, 15) is 13.2 Å². The lowest BCUT2D eigenvalue weighted by Crippen LogP contribution is -2.16. The summed E-state index contributed by atoms with van der Waals surface area (Å²) in [5.41, 5.74) is 1.51. The summed E-state index contributed by atoms with van der Waals surface area (Å²) in [6.07, 6.45) is 0. The van der Waals surface area contributed by atoms with Gasteiger partial charge in [0.05, 0.1) is 29.1 Å². The summed E-state index contributed by atoms with van der Waals surface area (Å²) < 4.78 is 32.5. The molecule has 1 aromatic carbocycles. The second-order valence-corrected chi connectivity index (χ2v) is 6.63. The van der Waals surface area contributed by atoms with Gasteiger partial charge in [0.25, 0.3) is 10.0 Å². The molecule has 2 rings (SSSR count). The number of carbonyl (C=O) groups is 1. The summed E-state index contributed by atoms with van der Waals surface area (Å²) in [7, 11) is -2.42. The second-order valence-electron chi connectivity index (χ2n) is 4.95. The smallest absolute Gasteiger partial charge is 0.316 e. The first-order valence-corrected chi connectivity index (χ1v) is 8.26. The number of Topliss-reactive ketones (excluding diaryl/α,β-unsaturated/α-hetero) is 1. The third-order valence-corrected chi connectivity index (χ3v) is 4.57. The van der Waals surface area contributed by atoms with Crippen molar-refractivity contribution in [2.75, 3.05) is 11.8 Å². The van der Waals surface area contributed by atoms with Gasteiger partial charge < -0.3 is 4.74 Å². The molecule has 0 radical (unpaired) electrons. The van der Waals surface area contributed by atoms with E-state index in [2.05, 4.69) is 14.7 Å². The third-order valence-electron chi connectivity index (χ3n) is 3.22. The quantitative estimate of drug-likeness (QED) is 0.840. The van der Waals surface area contributed by atoms with Crippen LogP contribution in [0.1, 0.15) is 28.7 Å². The molecule has 1 N–H and O–H groups in total. The van der Waals surface area contributed by atoms with Gasteiger partial charge in [0.15, 0.2) is 5.78 Å². The topological polar surface area (TPSA) is 98.2 Å². The van der Waals surface area contributed by atoms with Crippen molar-refractivity contribution >= 4 is 21.5 Å². The largest absolute Gasteiger partial charge is 0.467 e. The van der Waals surface area contributed by atoms with Crippen LogP contribution in [0.3, 0.4) is 0 Å². The second kappa shape index (κ2) is 6.33. The Bertz CT molecular complexity index is 840. The van der Waals surface area contributed by atoms with Crippen molar-refractivity contribution in [3.05, 3.63) is 41.2 Å². The average molecular weight is 335 g/mol. The van der Waals surface area contributed by atoms with E-state index in [1.165, 1.54) is 32.2 Å². The Kier molecular flexibility index (Phi) is 4.65. The highest BCUT2D eigenvalue weighted by Crippen LogP contribution is 2.23. The highest BCUT2D eigenvalue weighted by molar-refractivity contribution is 7.92. The van der Waals surface area contributed by atoms with Crippen molar-refractivity contribution in [1.82, 2.24) is 9.97 Å². The normalized spacial score (nSPS) is 11.1. The molecule has 0 amide bonds. The summed E-state index contributed by atoms with van der Waals surface area (Å²) >= 11 is 0. The van der Waals surface area contributed by atoms with Gasteiger partial charge in [0.2, 0.25) is 0 Å². The summed E-state index contributed by atoms with van der Waals surface area (Å²) in [4.78, 5) is 19.5. The van der Waals surface area contributed by atoms with Crippen molar-refractivity contribution in [1.29, 1.82) is 0 Å². The monoisotopic (exact) mass is 335 g/mol. The van der Waals surface area contributed by atoms with Crippen molar-refractivity contribution in [2.45, 2.75) is 25.7 Å².